The molecule has 6 heteroatoms. The second kappa shape index (κ2) is 5.77. The van der Waals surface area contributed by atoms with E-state index in [2.05, 4.69) is 5.32 Å². The van der Waals surface area contributed by atoms with Gasteiger partial charge in [0.05, 0.1) is 11.3 Å². The average molecular weight is 310 g/mol. The molecule has 1 fully saturated rings. The van der Waals surface area contributed by atoms with Crippen LogP contribution in [0.2, 0.25) is 0 Å². The van der Waals surface area contributed by atoms with Gasteiger partial charge >= 0.3 is 0 Å². The molecule has 1 saturated carbocycles. The quantitative estimate of drug-likeness (QED) is 0.886. The van der Waals surface area contributed by atoms with E-state index in [1.165, 1.54) is 6.26 Å². The molecule has 1 amide bonds. The van der Waals surface area contributed by atoms with Crippen LogP contribution in [0.3, 0.4) is 0 Å². The van der Waals surface area contributed by atoms with Crippen molar-refractivity contribution in [1.82, 2.24) is 0 Å². The molecule has 3 N–H and O–H groups in total. The van der Waals surface area contributed by atoms with Gasteiger partial charge in [-0.2, -0.15) is 0 Å². The Morgan fingerprint density at radius 3 is 2.52 bits per heavy atom. The Morgan fingerprint density at radius 2 is 1.95 bits per heavy atom. The number of benzene rings is 1. The van der Waals surface area contributed by atoms with Crippen molar-refractivity contribution < 1.29 is 13.2 Å². The van der Waals surface area contributed by atoms with Crippen molar-refractivity contribution in [3.8, 4) is 0 Å². The van der Waals surface area contributed by atoms with Crippen LogP contribution in [0.1, 0.15) is 36.8 Å². The van der Waals surface area contributed by atoms with Crippen LogP contribution in [-0.2, 0) is 20.4 Å². The van der Waals surface area contributed by atoms with Crippen LogP contribution < -0.4 is 11.1 Å². The molecule has 0 unspecified atom stereocenters. The fourth-order valence-corrected chi connectivity index (χ4v) is 3.62. The van der Waals surface area contributed by atoms with E-state index in [0.29, 0.717) is 24.1 Å². The molecule has 0 spiro atoms. The summed E-state index contributed by atoms with van der Waals surface area (Å²) in [6.07, 6.45) is 4.53. The number of hydrogen-bond donors (Lipinski definition) is 2. The van der Waals surface area contributed by atoms with Crippen molar-refractivity contribution in [2.75, 3.05) is 11.6 Å². The zero-order valence-electron chi connectivity index (χ0n) is 12.5. The molecule has 0 aromatic heterocycles. The van der Waals surface area contributed by atoms with E-state index in [1.54, 1.807) is 18.2 Å². The minimum atomic E-state index is -3.11. The van der Waals surface area contributed by atoms with Crippen LogP contribution in [0.15, 0.2) is 18.2 Å². The van der Waals surface area contributed by atoms with Gasteiger partial charge in [0.1, 0.15) is 0 Å². The SMILES string of the molecule is Cc1c(CS(C)(=O)=O)cccc1NC(=O)C1(N)CCCC1. The van der Waals surface area contributed by atoms with Crippen LogP contribution >= 0.6 is 0 Å². The fourth-order valence-electron chi connectivity index (χ4n) is 2.74. The lowest BCUT2D eigenvalue weighted by molar-refractivity contribution is -0.121. The van der Waals surface area contributed by atoms with Gasteiger partial charge in [-0.3, -0.25) is 4.79 Å². The lowest BCUT2D eigenvalue weighted by atomic mass is 9.97. The first-order valence-electron chi connectivity index (χ1n) is 7.08. The van der Waals surface area contributed by atoms with Gasteiger partial charge in [0, 0.05) is 11.9 Å². The third-order valence-corrected chi connectivity index (χ3v) is 4.90. The number of carbonyl (C=O) groups excluding carboxylic acids is 1. The largest absolute Gasteiger partial charge is 0.324 e. The highest BCUT2D eigenvalue weighted by molar-refractivity contribution is 7.89. The molecule has 5 nitrogen and oxygen atoms in total. The third-order valence-electron chi connectivity index (χ3n) is 4.06. The van der Waals surface area contributed by atoms with Gasteiger partial charge in [-0.25, -0.2) is 8.42 Å². The van der Waals surface area contributed by atoms with Crippen LogP contribution in [0.5, 0.6) is 0 Å². The van der Waals surface area contributed by atoms with E-state index in [1.807, 2.05) is 6.92 Å². The van der Waals surface area contributed by atoms with E-state index in [9.17, 15) is 13.2 Å². The fraction of sp³-hybridized carbons (Fsp3) is 0.533. The summed E-state index contributed by atoms with van der Waals surface area (Å²) in [4.78, 5) is 12.3. The number of nitrogens with one attached hydrogen (secondary N) is 1. The number of hydrogen-bond acceptors (Lipinski definition) is 4. The van der Waals surface area contributed by atoms with Gasteiger partial charge < -0.3 is 11.1 Å². The molecule has 0 atom stereocenters. The Labute approximate surface area is 125 Å². The van der Waals surface area contributed by atoms with Gasteiger partial charge in [-0.15, -0.1) is 0 Å². The maximum Gasteiger partial charge on any atom is 0.244 e. The normalized spacial score (nSPS) is 17.7. The van der Waals surface area contributed by atoms with Gasteiger partial charge in [0.25, 0.3) is 0 Å². The second-order valence-corrected chi connectivity index (χ2v) is 8.12. The Balaban J connectivity index is 2.21. The summed E-state index contributed by atoms with van der Waals surface area (Å²) in [6, 6.07) is 5.29. The average Bonchev–Trinajstić information content (AvgIpc) is 2.81. The number of nitrogens with two attached hydrogens (primary N) is 1. The summed E-state index contributed by atoms with van der Waals surface area (Å²) in [7, 11) is -3.11. The summed E-state index contributed by atoms with van der Waals surface area (Å²) in [5, 5.41) is 2.86. The third kappa shape index (κ3) is 3.83. The first-order valence-corrected chi connectivity index (χ1v) is 9.14. The molecule has 0 bridgehead atoms. The maximum absolute atomic E-state index is 12.3. The molecule has 0 radical (unpaired) electrons. The van der Waals surface area contributed by atoms with Crippen molar-refractivity contribution >= 4 is 21.4 Å². The maximum atomic E-state index is 12.3. The standard InChI is InChI=1S/C15H22N2O3S/c1-11-12(10-21(2,19)20)6-5-7-13(11)17-14(18)15(16)8-3-4-9-15/h5-7H,3-4,8-10,16H2,1-2H3,(H,17,18). The highest BCUT2D eigenvalue weighted by Crippen LogP contribution is 2.29. The predicted molar refractivity (Wildman–Crippen MR) is 83.7 cm³/mol. The summed E-state index contributed by atoms with van der Waals surface area (Å²) in [6.45, 7) is 1.81. The number of carbonyl (C=O) groups is 1. The molecule has 0 aliphatic heterocycles. The topological polar surface area (TPSA) is 89.3 Å². The molecule has 1 aliphatic carbocycles. The summed E-state index contributed by atoms with van der Waals surface area (Å²) >= 11 is 0. The number of amides is 1. The summed E-state index contributed by atoms with van der Waals surface area (Å²) < 4.78 is 22.9. The van der Waals surface area contributed by atoms with Gasteiger partial charge in [-0.05, 0) is 37.0 Å². The first kappa shape index (κ1) is 16.0. The molecule has 116 valence electrons. The van der Waals surface area contributed by atoms with E-state index in [-0.39, 0.29) is 11.7 Å². The molecular formula is C15H22N2O3S. The number of sulfone groups is 1. The highest BCUT2D eigenvalue weighted by atomic mass is 32.2. The van der Waals surface area contributed by atoms with E-state index >= 15 is 0 Å². The first-order chi connectivity index (χ1) is 9.71. The Bertz CT molecular complexity index is 647. The van der Waals surface area contributed by atoms with Crippen molar-refractivity contribution in [2.45, 2.75) is 43.9 Å². The molecule has 1 aromatic carbocycles. The van der Waals surface area contributed by atoms with Gasteiger partial charge in [0.2, 0.25) is 5.91 Å². The molecule has 1 aromatic rings. The molecule has 2 rings (SSSR count). The predicted octanol–water partition coefficient (Wildman–Crippen LogP) is 1.75. The Morgan fingerprint density at radius 1 is 1.33 bits per heavy atom. The van der Waals surface area contributed by atoms with Crippen LogP contribution in [0.25, 0.3) is 0 Å². The van der Waals surface area contributed by atoms with E-state index < -0.39 is 15.4 Å². The number of rotatable bonds is 4. The summed E-state index contributed by atoms with van der Waals surface area (Å²) in [5.74, 6) is -0.212. The lowest BCUT2D eigenvalue weighted by Gasteiger charge is -2.23. The Kier molecular flexibility index (Phi) is 4.39. The van der Waals surface area contributed by atoms with Crippen LogP contribution in [-0.4, -0.2) is 26.1 Å². The van der Waals surface area contributed by atoms with Crippen molar-refractivity contribution in [1.29, 1.82) is 0 Å². The number of anilines is 1. The van der Waals surface area contributed by atoms with Crippen molar-refractivity contribution in [3.63, 3.8) is 0 Å². The summed E-state index contributed by atoms with van der Waals surface area (Å²) in [5.41, 5.74) is 7.45. The van der Waals surface area contributed by atoms with E-state index in [0.717, 1.165) is 18.4 Å². The van der Waals surface area contributed by atoms with Crippen molar-refractivity contribution in [2.24, 2.45) is 5.73 Å². The molecule has 1 aliphatic rings. The molecule has 0 saturated heterocycles. The minimum Gasteiger partial charge on any atom is -0.324 e. The lowest BCUT2D eigenvalue weighted by Crippen LogP contribution is -2.48. The van der Waals surface area contributed by atoms with E-state index in [4.69, 9.17) is 5.73 Å². The molecule has 21 heavy (non-hydrogen) atoms. The zero-order chi connectivity index (χ0) is 15.7. The Hall–Kier alpha value is -1.40. The zero-order valence-corrected chi connectivity index (χ0v) is 13.3. The van der Waals surface area contributed by atoms with Gasteiger partial charge in [0.15, 0.2) is 9.84 Å². The second-order valence-electron chi connectivity index (χ2n) is 5.98. The van der Waals surface area contributed by atoms with Gasteiger partial charge in [-0.1, -0.05) is 25.0 Å². The van der Waals surface area contributed by atoms with Crippen LogP contribution in [0.4, 0.5) is 5.69 Å². The van der Waals surface area contributed by atoms with Crippen molar-refractivity contribution in [3.05, 3.63) is 29.3 Å². The monoisotopic (exact) mass is 310 g/mol. The van der Waals surface area contributed by atoms with Crippen LogP contribution in [0, 0.1) is 6.92 Å². The smallest absolute Gasteiger partial charge is 0.244 e. The minimum absolute atomic E-state index is 0.0314. The molecule has 0 heterocycles. The highest BCUT2D eigenvalue weighted by Gasteiger charge is 2.37. The molecular weight excluding hydrogens is 288 g/mol.